The minimum atomic E-state index is -0.0821. The van der Waals surface area contributed by atoms with Crippen molar-refractivity contribution in [3.8, 4) is 0 Å². The molecule has 0 aliphatic carbocycles. The highest BCUT2D eigenvalue weighted by Gasteiger charge is 2.32. The first-order chi connectivity index (χ1) is 11.5. The molecule has 7 heteroatoms. The van der Waals surface area contributed by atoms with Crippen molar-refractivity contribution in [2.24, 2.45) is 20.0 Å². The lowest BCUT2D eigenvalue weighted by molar-refractivity contribution is 0.0873. The van der Waals surface area contributed by atoms with Crippen molar-refractivity contribution < 1.29 is 4.79 Å². The molecule has 2 aromatic heterocycles. The van der Waals surface area contributed by atoms with Gasteiger partial charge >= 0.3 is 0 Å². The van der Waals surface area contributed by atoms with Gasteiger partial charge in [-0.15, -0.1) is 0 Å². The van der Waals surface area contributed by atoms with Crippen LogP contribution in [0.3, 0.4) is 0 Å². The predicted molar refractivity (Wildman–Crippen MR) is 94.1 cm³/mol. The number of nitrogens with one attached hydrogen (secondary N) is 1. The van der Waals surface area contributed by atoms with Crippen LogP contribution in [0, 0.1) is 5.92 Å². The van der Waals surface area contributed by atoms with Crippen LogP contribution in [-0.2, 0) is 14.1 Å². The van der Waals surface area contributed by atoms with E-state index in [9.17, 15) is 4.79 Å². The number of aryl methyl sites for hydroxylation is 2. The lowest BCUT2D eigenvalue weighted by Gasteiger charge is -2.39. The fraction of sp³-hybridized carbons (Fsp3) is 0.529. The van der Waals surface area contributed by atoms with Gasteiger partial charge in [-0.1, -0.05) is 11.6 Å². The summed E-state index contributed by atoms with van der Waals surface area (Å²) in [5.41, 5.74) is 1.78. The smallest absolute Gasteiger partial charge is 0.267 e. The number of carbonyl (C=O) groups is 1. The molecule has 1 aliphatic rings. The second-order valence-electron chi connectivity index (χ2n) is 6.57. The first-order valence-electron chi connectivity index (χ1n) is 8.25. The Kier molecular flexibility index (Phi) is 4.96. The van der Waals surface area contributed by atoms with Crippen molar-refractivity contribution in [2.45, 2.75) is 18.9 Å². The lowest BCUT2D eigenvalue weighted by atomic mass is 9.87. The van der Waals surface area contributed by atoms with E-state index < -0.39 is 0 Å². The third-order valence-electron chi connectivity index (χ3n) is 4.90. The molecule has 3 heterocycles. The van der Waals surface area contributed by atoms with Crippen LogP contribution >= 0.6 is 11.6 Å². The number of halogens is 1. The van der Waals surface area contributed by atoms with Gasteiger partial charge in [0.1, 0.15) is 5.69 Å². The van der Waals surface area contributed by atoms with Gasteiger partial charge in [-0.2, -0.15) is 5.10 Å². The van der Waals surface area contributed by atoms with Gasteiger partial charge in [-0.25, -0.2) is 0 Å². The molecule has 1 fully saturated rings. The minimum Gasteiger partial charge on any atom is -0.350 e. The maximum atomic E-state index is 12.4. The summed E-state index contributed by atoms with van der Waals surface area (Å²) in [6.45, 7) is 1.70. The van der Waals surface area contributed by atoms with E-state index in [-0.39, 0.29) is 11.9 Å². The Bertz CT molecular complexity index is 722. The third-order valence-corrected chi connectivity index (χ3v) is 5.10. The molecule has 0 unspecified atom stereocenters. The fourth-order valence-corrected chi connectivity index (χ4v) is 3.93. The van der Waals surface area contributed by atoms with Crippen molar-refractivity contribution in [3.05, 3.63) is 40.9 Å². The zero-order chi connectivity index (χ0) is 17.3. The lowest BCUT2D eigenvalue weighted by Crippen LogP contribution is -2.42. The Labute approximate surface area is 147 Å². The summed E-state index contributed by atoms with van der Waals surface area (Å²) in [6.07, 6.45) is 5.80. The number of nitrogens with zero attached hydrogens (tertiary/aromatic N) is 4. The van der Waals surface area contributed by atoms with Gasteiger partial charge in [0.15, 0.2) is 0 Å². The normalized spacial score (nSPS) is 21.8. The number of amides is 1. The number of aromatic nitrogens is 3. The summed E-state index contributed by atoms with van der Waals surface area (Å²) in [7, 11) is 5.94. The van der Waals surface area contributed by atoms with Crippen LogP contribution in [0.5, 0.6) is 0 Å². The van der Waals surface area contributed by atoms with Crippen molar-refractivity contribution in [2.75, 3.05) is 20.1 Å². The van der Waals surface area contributed by atoms with Crippen LogP contribution in [0.2, 0.25) is 5.02 Å². The average Bonchev–Trinajstić information content (AvgIpc) is 3.10. The molecule has 1 N–H and O–H groups in total. The quantitative estimate of drug-likeness (QED) is 0.920. The molecule has 3 rings (SSSR count). The molecule has 0 saturated carbocycles. The number of rotatable bonds is 4. The molecule has 24 heavy (non-hydrogen) atoms. The molecule has 1 amide bonds. The number of piperidine rings is 1. The van der Waals surface area contributed by atoms with Crippen molar-refractivity contribution in [1.29, 1.82) is 0 Å². The highest BCUT2D eigenvalue weighted by atomic mass is 35.5. The maximum absolute atomic E-state index is 12.4. The molecular weight excluding hydrogens is 326 g/mol. The van der Waals surface area contributed by atoms with Gasteiger partial charge in [-0.3, -0.25) is 14.4 Å². The first-order valence-corrected chi connectivity index (χ1v) is 8.63. The summed E-state index contributed by atoms with van der Waals surface area (Å²) in [5.74, 6) is 0.278. The highest BCUT2D eigenvalue weighted by molar-refractivity contribution is 6.31. The van der Waals surface area contributed by atoms with Crippen LogP contribution in [0.4, 0.5) is 0 Å². The molecule has 1 aliphatic heterocycles. The Morgan fingerprint density at radius 2 is 2.21 bits per heavy atom. The van der Waals surface area contributed by atoms with Crippen molar-refractivity contribution >= 4 is 17.5 Å². The van der Waals surface area contributed by atoms with Crippen molar-refractivity contribution in [1.82, 2.24) is 24.6 Å². The van der Waals surface area contributed by atoms with E-state index in [1.54, 1.807) is 16.8 Å². The van der Waals surface area contributed by atoms with E-state index in [1.165, 1.54) is 5.69 Å². The fourth-order valence-electron chi connectivity index (χ4n) is 3.68. The third kappa shape index (κ3) is 3.35. The second kappa shape index (κ2) is 6.99. The maximum Gasteiger partial charge on any atom is 0.267 e. The van der Waals surface area contributed by atoms with E-state index in [4.69, 9.17) is 11.6 Å². The molecular formula is C17H24ClN5O. The average molecular weight is 350 g/mol. The molecule has 0 spiro atoms. The van der Waals surface area contributed by atoms with Gasteiger partial charge in [0, 0.05) is 33.0 Å². The first kappa shape index (κ1) is 17.0. The monoisotopic (exact) mass is 349 g/mol. The highest BCUT2D eigenvalue weighted by Crippen LogP contribution is 2.34. The molecule has 0 radical (unpaired) electrons. The Hall–Kier alpha value is -1.79. The molecule has 0 aromatic carbocycles. The van der Waals surface area contributed by atoms with Gasteiger partial charge in [0.25, 0.3) is 5.91 Å². The van der Waals surface area contributed by atoms with Gasteiger partial charge in [0.05, 0.1) is 16.8 Å². The Morgan fingerprint density at radius 3 is 2.83 bits per heavy atom. The summed E-state index contributed by atoms with van der Waals surface area (Å²) >= 11 is 5.97. The minimum absolute atomic E-state index is 0.0821. The summed E-state index contributed by atoms with van der Waals surface area (Å²) in [6, 6.07) is 4.03. The van der Waals surface area contributed by atoms with Gasteiger partial charge < -0.3 is 9.88 Å². The molecule has 6 nitrogen and oxygen atoms in total. The van der Waals surface area contributed by atoms with Crippen LogP contribution in [0.15, 0.2) is 24.5 Å². The SMILES string of the molecule is CN1CCC[C@@H](CNC(=O)c2cc(Cl)cn2C)[C@@H]1c1ccnn1C. The van der Waals surface area contributed by atoms with E-state index in [1.807, 2.05) is 25.0 Å². The van der Waals surface area contributed by atoms with Crippen LogP contribution < -0.4 is 5.32 Å². The molecule has 0 bridgehead atoms. The van der Waals surface area contributed by atoms with E-state index in [0.717, 1.165) is 19.4 Å². The zero-order valence-electron chi connectivity index (χ0n) is 14.4. The molecule has 2 aromatic rings. The topological polar surface area (TPSA) is 55.1 Å². The second-order valence-corrected chi connectivity index (χ2v) is 7.01. The molecule has 1 saturated heterocycles. The van der Waals surface area contributed by atoms with Crippen LogP contribution in [0.1, 0.15) is 35.1 Å². The number of carbonyl (C=O) groups excluding carboxylic acids is 1. The van der Waals surface area contributed by atoms with Crippen LogP contribution in [-0.4, -0.2) is 45.3 Å². The largest absolute Gasteiger partial charge is 0.350 e. The van der Waals surface area contributed by atoms with Gasteiger partial charge in [-0.05, 0) is 44.5 Å². The van der Waals surface area contributed by atoms with Crippen LogP contribution in [0.25, 0.3) is 0 Å². The molecule has 2 atom stereocenters. The number of hydrogen-bond acceptors (Lipinski definition) is 3. The van der Waals surface area contributed by atoms with E-state index in [2.05, 4.69) is 28.4 Å². The van der Waals surface area contributed by atoms with Gasteiger partial charge in [0.2, 0.25) is 0 Å². The summed E-state index contributed by atoms with van der Waals surface area (Å²) in [5, 5.41) is 7.96. The summed E-state index contributed by atoms with van der Waals surface area (Å²) in [4.78, 5) is 14.8. The number of hydrogen-bond donors (Lipinski definition) is 1. The Balaban J connectivity index is 1.71. The number of likely N-dealkylation sites (tertiary alicyclic amines) is 1. The van der Waals surface area contributed by atoms with E-state index in [0.29, 0.717) is 23.2 Å². The van der Waals surface area contributed by atoms with E-state index >= 15 is 0 Å². The molecule has 130 valence electrons. The predicted octanol–water partition coefficient (Wildman–Crippen LogP) is 2.22. The standard InChI is InChI=1S/C17H24ClN5O/c1-21-8-4-5-12(16(21)14-6-7-20-23(14)3)10-19-17(24)15-9-13(18)11-22(15)2/h6-7,9,11-12,16H,4-5,8,10H2,1-3H3,(H,19,24)/t12-,16+/m0/s1. The summed E-state index contributed by atoms with van der Waals surface area (Å²) < 4.78 is 3.68. The zero-order valence-corrected chi connectivity index (χ0v) is 15.1. The van der Waals surface area contributed by atoms with Crippen molar-refractivity contribution in [3.63, 3.8) is 0 Å². The Morgan fingerprint density at radius 1 is 1.42 bits per heavy atom.